The van der Waals surface area contributed by atoms with E-state index in [1.54, 1.807) is 0 Å². The molecule has 1 aliphatic heterocycles. The van der Waals surface area contributed by atoms with E-state index in [0.717, 1.165) is 18.5 Å². The lowest BCUT2D eigenvalue weighted by atomic mass is 10.0. The summed E-state index contributed by atoms with van der Waals surface area (Å²) in [5.41, 5.74) is 2.32. The minimum atomic E-state index is -0.317. The Bertz CT molecular complexity index is 346. The molecule has 2 atom stereocenters. The van der Waals surface area contributed by atoms with Crippen LogP contribution in [0.25, 0.3) is 0 Å². The lowest BCUT2D eigenvalue weighted by molar-refractivity contribution is 0.173. The van der Waals surface area contributed by atoms with E-state index in [-0.39, 0.29) is 6.10 Å². The van der Waals surface area contributed by atoms with Gasteiger partial charge in [0.2, 0.25) is 0 Å². The van der Waals surface area contributed by atoms with Gasteiger partial charge >= 0.3 is 0 Å². The maximum atomic E-state index is 9.77. The molecular weight excluding hydrogens is 210 g/mol. The topological polar surface area (TPSA) is 23.5 Å². The van der Waals surface area contributed by atoms with E-state index < -0.39 is 0 Å². The molecule has 2 rings (SSSR count). The predicted molar refractivity (Wildman–Crippen MR) is 72.4 cm³/mol. The molecule has 1 unspecified atom stereocenters. The normalized spacial score (nSPS) is 22.5. The summed E-state index contributed by atoms with van der Waals surface area (Å²) < 4.78 is 0. The van der Waals surface area contributed by atoms with Crippen LogP contribution in [0.4, 0.5) is 5.69 Å². The zero-order valence-electron chi connectivity index (χ0n) is 10.9. The van der Waals surface area contributed by atoms with Crippen molar-refractivity contribution in [3.63, 3.8) is 0 Å². The average Bonchev–Trinajstić information content (AvgIpc) is 2.39. The number of hydrogen-bond acceptors (Lipinski definition) is 2. The molecule has 2 nitrogen and oxygen atoms in total. The standard InChI is InChI=1S/C15H23NO/c1-3-15(17)13-7-9-14(10-8-13)16-11-5-4-6-12(16)2/h7-10,12,15,17H,3-6,11H2,1-2H3/t12?,15-/m0/s1. The summed E-state index contributed by atoms with van der Waals surface area (Å²) in [4.78, 5) is 2.48. The molecule has 0 aromatic heterocycles. The highest BCUT2D eigenvalue weighted by Gasteiger charge is 2.18. The molecule has 1 N–H and O–H groups in total. The summed E-state index contributed by atoms with van der Waals surface area (Å²) >= 11 is 0. The maximum Gasteiger partial charge on any atom is 0.0787 e. The fourth-order valence-corrected chi connectivity index (χ4v) is 2.61. The molecule has 1 aromatic carbocycles. The molecule has 1 fully saturated rings. The number of nitrogens with zero attached hydrogens (tertiary/aromatic N) is 1. The van der Waals surface area contributed by atoms with Crippen molar-refractivity contribution in [1.29, 1.82) is 0 Å². The van der Waals surface area contributed by atoms with Crippen molar-refractivity contribution in [1.82, 2.24) is 0 Å². The van der Waals surface area contributed by atoms with Crippen LogP contribution in [0.15, 0.2) is 24.3 Å². The molecule has 0 saturated carbocycles. The van der Waals surface area contributed by atoms with E-state index in [0.29, 0.717) is 6.04 Å². The van der Waals surface area contributed by atoms with Crippen LogP contribution in [0.2, 0.25) is 0 Å². The minimum Gasteiger partial charge on any atom is -0.388 e. The molecule has 1 heterocycles. The Kier molecular flexibility index (Phi) is 4.06. The van der Waals surface area contributed by atoms with E-state index in [9.17, 15) is 5.11 Å². The first-order chi connectivity index (χ1) is 8.22. The van der Waals surface area contributed by atoms with Gasteiger partial charge in [-0.15, -0.1) is 0 Å². The second-order valence-corrected chi connectivity index (χ2v) is 5.05. The van der Waals surface area contributed by atoms with Crippen LogP contribution in [-0.2, 0) is 0 Å². The largest absolute Gasteiger partial charge is 0.388 e. The van der Waals surface area contributed by atoms with Crippen LogP contribution in [0.5, 0.6) is 0 Å². The number of benzene rings is 1. The lowest BCUT2D eigenvalue weighted by Crippen LogP contribution is -2.37. The Hall–Kier alpha value is -1.02. The first-order valence-electron chi connectivity index (χ1n) is 6.77. The molecule has 0 spiro atoms. The Labute approximate surface area is 104 Å². The van der Waals surface area contributed by atoms with Gasteiger partial charge in [-0.25, -0.2) is 0 Å². The monoisotopic (exact) mass is 233 g/mol. The number of anilines is 1. The van der Waals surface area contributed by atoms with Gasteiger partial charge in [0.1, 0.15) is 0 Å². The molecule has 1 saturated heterocycles. The molecule has 17 heavy (non-hydrogen) atoms. The van der Waals surface area contributed by atoms with Gasteiger partial charge in [0.25, 0.3) is 0 Å². The fraction of sp³-hybridized carbons (Fsp3) is 0.600. The van der Waals surface area contributed by atoms with Crippen LogP contribution in [-0.4, -0.2) is 17.7 Å². The third-order valence-electron chi connectivity index (χ3n) is 3.80. The Morgan fingerprint density at radius 2 is 2.00 bits per heavy atom. The zero-order chi connectivity index (χ0) is 12.3. The van der Waals surface area contributed by atoms with E-state index >= 15 is 0 Å². The Balaban J connectivity index is 2.11. The smallest absolute Gasteiger partial charge is 0.0787 e. The van der Waals surface area contributed by atoms with Crippen molar-refractivity contribution >= 4 is 5.69 Å². The molecule has 1 aliphatic rings. The molecule has 0 bridgehead atoms. The van der Waals surface area contributed by atoms with Gasteiger partial charge in [-0.2, -0.15) is 0 Å². The molecule has 2 heteroatoms. The highest BCUT2D eigenvalue weighted by molar-refractivity contribution is 5.49. The van der Waals surface area contributed by atoms with Gasteiger partial charge in [-0.1, -0.05) is 19.1 Å². The van der Waals surface area contributed by atoms with Gasteiger partial charge in [0.05, 0.1) is 6.10 Å². The predicted octanol–water partition coefficient (Wildman–Crippen LogP) is 3.51. The van der Waals surface area contributed by atoms with Crippen LogP contribution >= 0.6 is 0 Å². The van der Waals surface area contributed by atoms with E-state index in [2.05, 4.69) is 36.1 Å². The number of hydrogen-bond donors (Lipinski definition) is 1. The molecule has 0 amide bonds. The maximum absolute atomic E-state index is 9.77. The summed E-state index contributed by atoms with van der Waals surface area (Å²) in [6.45, 7) is 5.47. The summed E-state index contributed by atoms with van der Waals surface area (Å²) in [6, 6.07) is 9.06. The summed E-state index contributed by atoms with van der Waals surface area (Å²) in [7, 11) is 0. The fourth-order valence-electron chi connectivity index (χ4n) is 2.61. The van der Waals surface area contributed by atoms with Crippen LogP contribution in [0.3, 0.4) is 0 Å². The van der Waals surface area contributed by atoms with Gasteiger partial charge in [-0.3, -0.25) is 0 Å². The summed E-state index contributed by atoms with van der Waals surface area (Å²) in [5, 5.41) is 9.77. The SMILES string of the molecule is CC[C@H](O)c1ccc(N2CCCCC2C)cc1. The third-order valence-corrected chi connectivity index (χ3v) is 3.80. The Morgan fingerprint density at radius 1 is 1.29 bits per heavy atom. The number of aliphatic hydroxyl groups excluding tert-OH is 1. The lowest BCUT2D eigenvalue weighted by Gasteiger charge is -2.35. The highest BCUT2D eigenvalue weighted by Crippen LogP contribution is 2.26. The second kappa shape index (κ2) is 5.54. The van der Waals surface area contributed by atoms with Crippen LogP contribution in [0, 0.1) is 0 Å². The van der Waals surface area contributed by atoms with E-state index in [1.165, 1.54) is 24.9 Å². The highest BCUT2D eigenvalue weighted by atomic mass is 16.3. The molecule has 1 aromatic rings. The van der Waals surface area contributed by atoms with Crippen LogP contribution < -0.4 is 4.90 Å². The summed E-state index contributed by atoms with van der Waals surface area (Å²) in [5.74, 6) is 0. The Morgan fingerprint density at radius 3 is 2.59 bits per heavy atom. The minimum absolute atomic E-state index is 0.317. The molecular formula is C15H23NO. The first-order valence-corrected chi connectivity index (χ1v) is 6.77. The van der Waals surface area contributed by atoms with Crippen molar-refractivity contribution in [2.24, 2.45) is 0 Å². The van der Waals surface area contributed by atoms with E-state index in [1.807, 2.05) is 6.92 Å². The van der Waals surface area contributed by atoms with Gasteiger partial charge in [-0.05, 0) is 50.3 Å². The van der Waals surface area contributed by atoms with Gasteiger partial charge in [0, 0.05) is 18.3 Å². The average molecular weight is 233 g/mol. The van der Waals surface area contributed by atoms with Crippen molar-refractivity contribution in [2.75, 3.05) is 11.4 Å². The van der Waals surface area contributed by atoms with Crippen molar-refractivity contribution in [3.8, 4) is 0 Å². The molecule has 0 aliphatic carbocycles. The molecule has 94 valence electrons. The number of rotatable bonds is 3. The quantitative estimate of drug-likeness (QED) is 0.863. The first kappa shape index (κ1) is 12.4. The van der Waals surface area contributed by atoms with Crippen LogP contribution in [0.1, 0.15) is 51.2 Å². The third kappa shape index (κ3) is 2.81. The van der Waals surface area contributed by atoms with Crippen molar-refractivity contribution < 1.29 is 5.11 Å². The van der Waals surface area contributed by atoms with Gasteiger partial charge in [0.15, 0.2) is 0 Å². The number of piperidine rings is 1. The second-order valence-electron chi connectivity index (χ2n) is 5.05. The summed E-state index contributed by atoms with van der Waals surface area (Å²) in [6.07, 6.45) is 4.40. The van der Waals surface area contributed by atoms with E-state index in [4.69, 9.17) is 0 Å². The van der Waals surface area contributed by atoms with Crippen molar-refractivity contribution in [3.05, 3.63) is 29.8 Å². The molecule has 0 radical (unpaired) electrons. The van der Waals surface area contributed by atoms with Crippen molar-refractivity contribution in [2.45, 2.75) is 51.7 Å². The zero-order valence-corrected chi connectivity index (χ0v) is 10.9. The van der Waals surface area contributed by atoms with Gasteiger partial charge < -0.3 is 10.0 Å². The number of aliphatic hydroxyl groups is 1.